The number of hydrogen-bond acceptors (Lipinski definition) is 6. The van der Waals surface area contributed by atoms with Gasteiger partial charge in [0, 0.05) is 45.1 Å². The van der Waals surface area contributed by atoms with Gasteiger partial charge in [-0.2, -0.15) is 4.98 Å². The molecule has 8 nitrogen and oxygen atoms in total. The number of aromatic nitrogens is 4. The van der Waals surface area contributed by atoms with E-state index in [1.807, 2.05) is 4.90 Å². The van der Waals surface area contributed by atoms with Gasteiger partial charge in [-0.05, 0) is 18.8 Å². The number of H-pyrrole nitrogens is 1. The minimum Gasteiger partial charge on any atom is -0.348 e. The van der Waals surface area contributed by atoms with Crippen molar-refractivity contribution in [1.29, 1.82) is 0 Å². The minimum absolute atomic E-state index is 0.136. The highest BCUT2D eigenvalue weighted by Crippen LogP contribution is 2.26. The second-order valence-corrected chi connectivity index (χ2v) is 6.61. The number of aryl methyl sites for hydroxylation is 1. The zero-order valence-corrected chi connectivity index (χ0v) is 13.8. The Morgan fingerprint density at radius 2 is 2.25 bits per heavy atom. The van der Waals surface area contributed by atoms with Gasteiger partial charge in [0.25, 0.3) is 0 Å². The number of amides is 1. The van der Waals surface area contributed by atoms with Crippen molar-refractivity contribution in [2.75, 3.05) is 19.6 Å². The Bertz CT molecular complexity index is 716. The molecule has 2 aliphatic heterocycles. The van der Waals surface area contributed by atoms with Crippen LogP contribution in [0.15, 0.2) is 10.9 Å². The van der Waals surface area contributed by atoms with Crippen LogP contribution in [0.3, 0.4) is 0 Å². The van der Waals surface area contributed by atoms with Gasteiger partial charge in [-0.25, -0.2) is 4.98 Å². The predicted octanol–water partition coefficient (Wildman–Crippen LogP) is 0.769. The first kappa shape index (κ1) is 15.3. The Balaban J connectivity index is 1.35. The molecule has 0 spiro atoms. The Hall–Kier alpha value is -2.22. The van der Waals surface area contributed by atoms with Crippen LogP contribution >= 0.6 is 0 Å². The lowest BCUT2D eigenvalue weighted by Gasteiger charge is -2.34. The largest absolute Gasteiger partial charge is 0.348 e. The summed E-state index contributed by atoms with van der Waals surface area (Å²) in [6.07, 6.45) is 5.34. The highest BCUT2D eigenvalue weighted by molar-refractivity contribution is 5.83. The molecule has 0 aromatic carbocycles. The van der Waals surface area contributed by atoms with Crippen molar-refractivity contribution in [3.8, 4) is 0 Å². The summed E-state index contributed by atoms with van der Waals surface area (Å²) in [4.78, 5) is 26.6. The normalized spacial score (nSPS) is 21.7. The van der Waals surface area contributed by atoms with Gasteiger partial charge in [0.05, 0.1) is 12.0 Å². The maximum Gasteiger partial charge on any atom is 0.246 e. The van der Waals surface area contributed by atoms with E-state index >= 15 is 0 Å². The smallest absolute Gasteiger partial charge is 0.246 e. The Labute approximate surface area is 140 Å². The van der Waals surface area contributed by atoms with E-state index in [1.54, 1.807) is 13.3 Å². The number of hydrogen-bond donors (Lipinski definition) is 2. The van der Waals surface area contributed by atoms with Crippen molar-refractivity contribution in [1.82, 2.24) is 30.3 Å². The molecule has 4 rings (SSSR count). The molecule has 0 radical (unpaired) electrons. The van der Waals surface area contributed by atoms with Gasteiger partial charge in [0.2, 0.25) is 11.8 Å². The summed E-state index contributed by atoms with van der Waals surface area (Å²) >= 11 is 0. The third-order valence-corrected chi connectivity index (χ3v) is 4.96. The SMILES string of the molecule is Cc1nc(CC2CCN(C(=O)[C@H]3NCCc4[nH]cnc43)CC2)no1. The summed E-state index contributed by atoms with van der Waals surface area (Å²) in [5.74, 6) is 2.02. The van der Waals surface area contributed by atoms with Crippen molar-refractivity contribution in [2.45, 2.75) is 38.6 Å². The Morgan fingerprint density at radius 1 is 1.42 bits per heavy atom. The minimum atomic E-state index is -0.309. The van der Waals surface area contributed by atoms with Gasteiger partial charge in [-0.3, -0.25) is 4.79 Å². The van der Waals surface area contributed by atoms with E-state index in [-0.39, 0.29) is 11.9 Å². The fourth-order valence-corrected chi connectivity index (χ4v) is 3.65. The average molecular weight is 330 g/mol. The van der Waals surface area contributed by atoms with Crippen LogP contribution in [0.2, 0.25) is 0 Å². The lowest BCUT2D eigenvalue weighted by Crippen LogP contribution is -2.47. The average Bonchev–Trinajstić information content (AvgIpc) is 3.23. The van der Waals surface area contributed by atoms with Gasteiger partial charge < -0.3 is 19.7 Å². The molecular formula is C16H22N6O2. The Kier molecular flexibility index (Phi) is 4.05. The van der Waals surface area contributed by atoms with Crippen LogP contribution in [0.5, 0.6) is 0 Å². The number of aromatic amines is 1. The molecule has 2 aromatic heterocycles. The Morgan fingerprint density at radius 3 is 3.00 bits per heavy atom. The number of fused-ring (bicyclic) bond motifs is 1. The first-order valence-electron chi connectivity index (χ1n) is 8.54. The van der Waals surface area contributed by atoms with E-state index in [1.165, 1.54) is 0 Å². The molecule has 1 saturated heterocycles. The number of carbonyl (C=O) groups is 1. The number of carbonyl (C=O) groups excluding carboxylic acids is 1. The van der Waals surface area contributed by atoms with E-state index in [9.17, 15) is 4.79 Å². The summed E-state index contributed by atoms with van der Waals surface area (Å²) in [6, 6.07) is -0.309. The van der Waals surface area contributed by atoms with Crippen molar-refractivity contribution < 1.29 is 9.32 Å². The summed E-state index contributed by atoms with van der Waals surface area (Å²) in [5, 5.41) is 7.27. The maximum atomic E-state index is 12.9. The topological polar surface area (TPSA) is 99.9 Å². The van der Waals surface area contributed by atoms with E-state index in [4.69, 9.17) is 4.52 Å². The number of likely N-dealkylation sites (tertiary alicyclic amines) is 1. The third kappa shape index (κ3) is 2.93. The zero-order chi connectivity index (χ0) is 16.5. The fraction of sp³-hybridized carbons (Fsp3) is 0.625. The monoisotopic (exact) mass is 330 g/mol. The standard InChI is InChI=1S/C16H22N6O2/c1-10-20-13(21-24-10)8-11-3-6-22(7-4-11)16(23)15-14-12(2-5-17-15)18-9-19-14/h9,11,15,17H,2-8H2,1H3,(H,18,19)/t15-/m0/s1. The van der Waals surface area contributed by atoms with Gasteiger partial charge in [0.15, 0.2) is 5.82 Å². The number of nitrogens with one attached hydrogen (secondary N) is 2. The van der Waals surface area contributed by atoms with Gasteiger partial charge in [-0.15, -0.1) is 0 Å². The number of rotatable bonds is 3. The molecule has 0 bridgehead atoms. The molecule has 0 aliphatic carbocycles. The van der Waals surface area contributed by atoms with Crippen LogP contribution in [0, 0.1) is 12.8 Å². The lowest BCUT2D eigenvalue weighted by atomic mass is 9.92. The molecule has 2 aliphatic rings. The second-order valence-electron chi connectivity index (χ2n) is 6.61. The first-order valence-corrected chi connectivity index (χ1v) is 8.54. The van der Waals surface area contributed by atoms with Gasteiger partial charge >= 0.3 is 0 Å². The van der Waals surface area contributed by atoms with Crippen molar-refractivity contribution in [3.05, 3.63) is 29.4 Å². The summed E-state index contributed by atoms with van der Waals surface area (Å²) in [7, 11) is 0. The molecule has 128 valence electrons. The van der Waals surface area contributed by atoms with Crippen LogP contribution in [-0.4, -0.2) is 50.5 Å². The summed E-state index contributed by atoms with van der Waals surface area (Å²) in [5.41, 5.74) is 1.94. The van der Waals surface area contributed by atoms with E-state index in [2.05, 4.69) is 25.4 Å². The number of nitrogens with zero attached hydrogens (tertiary/aromatic N) is 4. The molecule has 1 fully saturated rings. The molecular weight excluding hydrogens is 308 g/mol. The first-order chi connectivity index (χ1) is 11.7. The predicted molar refractivity (Wildman–Crippen MR) is 85.1 cm³/mol. The van der Waals surface area contributed by atoms with Gasteiger partial charge in [0.1, 0.15) is 6.04 Å². The molecule has 0 unspecified atom stereocenters. The van der Waals surface area contributed by atoms with Gasteiger partial charge in [-0.1, -0.05) is 5.16 Å². The van der Waals surface area contributed by atoms with Crippen molar-refractivity contribution in [2.24, 2.45) is 5.92 Å². The van der Waals surface area contributed by atoms with E-state index in [0.717, 1.165) is 62.5 Å². The van der Waals surface area contributed by atoms with Crippen LogP contribution in [-0.2, 0) is 17.6 Å². The highest BCUT2D eigenvalue weighted by Gasteiger charge is 2.33. The lowest BCUT2D eigenvalue weighted by molar-refractivity contribution is -0.135. The molecule has 2 N–H and O–H groups in total. The zero-order valence-electron chi connectivity index (χ0n) is 13.8. The molecule has 0 saturated carbocycles. The van der Waals surface area contributed by atoms with Crippen LogP contribution < -0.4 is 5.32 Å². The second kappa shape index (κ2) is 6.35. The molecule has 8 heteroatoms. The summed E-state index contributed by atoms with van der Waals surface area (Å²) < 4.78 is 5.03. The van der Waals surface area contributed by atoms with Crippen molar-refractivity contribution >= 4 is 5.91 Å². The number of piperidine rings is 1. The fourth-order valence-electron chi connectivity index (χ4n) is 3.65. The highest BCUT2D eigenvalue weighted by atomic mass is 16.5. The third-order valence-electron chi connectivity index (χ3n) is 4.96. The number of imidazole rings is 1. The van der Waals surface area contributed by atoms with Crippen LogP contribution in [0.1, 0.15) is 42.0 Å². The molecule has 2 aromatic rings. The van der Waals surface area contributed by atoms with E-state index in [0.29, 0.717) is 11.8 Å². The molecule has 4 heterocycles. The van der Waals surface area contributed by atoms with E-state index < -0.39 is 0 Å². The van der Waals surface area contributed by atoms with Crippen LogP contribution in [0.4, 0.5) is 0 Å². The quantitative estimate of drug-likeness (QED) is 0.862. The van der Waals surface area contributed by atoms with Crippen molar-refractivity contribution in [3.63, 3.8) is 0 Å². The van der Waals surface area contributed by atoms with Crippen LogP contribution in [0.25, 0.3) is 0 Å². The molecule has 24 heavy (non-hydrogen) atoms. The molecule has 1 atom stereocenters. The maximum absolute atomic E-state index is 12.9. The summed E-state index contributed by atoms with van der Waals surface area (Å²) in [6.45, 7) is 4.16. The molecule has 1 amide bonds.